The topological polar surface area (TPSA) is 27.7 Å². The second-order valence-corrected chi connectivity index (χ2v) is 4.88. The van der Waals surface area contributed by atoms with Crippen molar-refractivity contribution in [3.05, 3.63) is 28.8 Å². The van der Waals surface area contributed by atoms with Gasteiger partial charge in [0, 0.05) is 25.3 Å². The van der Waals surface area contributed by atoms with E-state index in [1.165, 1.54) is 5.56 Å². The number of hydrogen-bond acceptors (Lipinski definition) is 3. The lowest BCUT2D eigenvalue weighted by Gasteiger charge is -2.22. The van der Waals surface area contributed by atoms with Crippen LogP contribution >= 0.6 is 0 Å². The summed E-state index contributed by atoms with van der Waals surface area (Å²) in [7, 11) is 3.44. The smallest absolute Gasteiger partial charge is 0.130 e. The maximum Gasteiger partial charge on any atom is 0.130 e. The van der Waals surface area contributed by atoms with Crippen molar-refractivity contribution in [3.63, 3.8) is 0 Å². The fourth-order valence-corrected chi connectivity index (χ4v) is 2.06. The van der Waals surface area contributed by atoms with Crippen molar-refractivity contribution in [2.75, 3.05) is 20.8 Å². The number of rotatable bonds is 7. The van der Waals surface area contributed by atoms with Gasteiger partial charge in [0.25, 0.3) is 0 Å². The molecule has 1 rings (SSSR count). The summed E-state index contributed by atoms with van der Waals surface area (Å²) in [6.07, 6.45) is 0.999. The maximum atomic E-state index is 5.96. The second kappa shape index (κ2) is 7.51. The third kappa shape index (κ3) is 3.95. The van der Waals surface area contributed by atoms with Crippen LogP contribution in [0.15, 0.2) is 12.1 Å². The molecule has 0 N–H and O–H groups in total. The van der Waals surface area contributed by atoms with E-state index in [2.05, 4.69) is 26.0 Å². The van der Waals surface area contributed by atoms with E-state index in [0.29, 0.717) is 6.61 Å². The highest BCUT2D eigenvalue weighted by Gasteiger charge is 2.19. The normalized spacial score (nSPS) is 14.2. The van der Waals surface area contributed by atoms with Crippen LogP contribution in [0.25, 0.3) is 0 Å². The Bertz CT molecular complexity index is 370. The molecule has 0 saturated carbocycles. The molecule has 2 atom stereocenters. The van der Waals surface area contributed by atoms with Crippen molar-refractivity contribution in [1.82, 2.24) is 0 Å². The summed E-state index contributed by atoms with van der Waals surface area (Å²) >= 11 is 0. The van der Waals surface area contributed by atoms with Crippen molar-refractivity contribution < 1.29 is 14.2 Å². The van der Waals surface area contributed by atoms with Crippen LogP contribution < -0.4 is 4.74 Å². The SMILES string of the molecule is CCCOc1c(C(C)OC)cc(C)cc1C(C)OC. The molecule has 0 aromatic heterocycles. The first-order chi connectivity index (χ1) is 9.04. The lowest BCUT2D eigenvalue weighted by Crippen LogP contribution is -2.09. The summed E-state index contributed by atoms with van der Waals surface area (Å²) in [6, 6.07) is 4.26. The van der Waals surface area contributed by atoms with Gasteiger partial charge in [0.1, 0.15) is 5.75 Å². The highest BCUT2D eigenvalue weighted by molar-refractivity contribution is 5.46. The molecule has 1 aromatic rings. The predicted molar refractivity (Wildman–Crippen MR) is 77.8 cm³/mol. The zero-order valence-electron chi connectivity index (χ0n) is 12.9. The van der Waals surface area contributed by atoms with Crippen LogP contribution in [0.2, 0.25) is 0 Å². The van der Waals surface area contributed by atoms with E-state index in [0.717, 1.165) is 23.3 Å². The van der Waals surface area contributed by atoms with E-state index in [4.69, 9.17) is 14.2 Å². The van der Waals surface area contributed by atoms with Gasteiger partial charge in [-0.25, -0.2) is 0 Å². The fraction of sp³-hybridized carbons (Fsp3) is 0.625. The van der Waals surface area contributed by atoms with E-state index < -0.39 is 0 Å². The summed E-state index contributed by atoms with van der Waals surface area (Å²) in [6.45, 7) is 8.97. The molecule has 0 spiro atoms. The highest BCUT2D eigenvalue weighted by atomic mass is 16.5. The van der Waals surface area contributed by atoms with Crippen LogP contribution in [0.1, 0.15) is 56.1 Å². The molecule has 0 aliphatic carbocycles. The van der Waals surface area contributed by atoms with Gasteiger partial charge in [-0.05, 0) is 39.3 Å². The fourth-order valence-electron chi connectivity index (χ4n) is 2.06. The van der Waals surface area contributed by atoms with Crippen molar-refractivity contribution in [1.29, 1.82) is 0 Å². The van der Waals surface area contributed by atoms with Crippen molar-refractivity contribution >= 4 is 0 Å². The Morgan fingerprint density at radius 1 is 1.00 bits per heavy atom. The Morgan fingerprint density at radius 2 is 1.47 bits per heavy atom. The van der Waals surface area contributed by atoms with Crippen LogP contribution in [-0.2, 0) is 9.47 Å². The molecule has 0 bridgehead atoms. The monoisotopic (exact) mass is 266 g/mol. The molecular formula is C16H26O3. The minimum absolute atomic E-state index is 0.00885. The van der Waals surface area contributed by atoms with E-state index in [1.54, 1.807) is 14.2 Å². The summed E-state index contributed by atoms with van der Waals surface area (Å²) < 4.78 is 16.9. The van der Waals surface area contributed by atoms with Gasteiger partial charge in [0.05, 0.1) is 18.8 Å². The number of aryl methyl sites for hydroxylation is 1. The van der Waals surface area contributed by atoms with Gasteiger partial charge in [-0.1, -0.05) is 12.5 Å². The molecule has 108 valence electrons. The molecule has 0 fully saturated rings. The minimum Gasteiger partial charge on any atom is -0.493 e. The molecule has 0 saturated heterocycles. The zero-order chi connectivity index (χ0) is 14.4. The molecule has 0 heterocycles. The van der Waals surface area contributed by atoms with Gasteiger partial charge < -0.3 is 14.2 Å². The molecule has 1 aromatic carbocycles. The van der Waals surface area contributed by atoms with Crippen molar-refractivity contribution in [2.24, 2.45) is 0 Å². The van der Waals surface area contributed by atoms with Gasteiger partial charge in [0.15, 0.2) is 0 Å². The molecule has 2 unspecified atom stereocenters. The largest absolute Gasteiger partial charge is 0.493 e. The van der Waals surface area contributed by atoms with E-state index >= 15 is 0 Å². The number of hydrogen-bond donors (Lipinski definition) is 0. The van der Waals surface area contributed by atoms with Crippen molar-refractivity contribution in [2.45, 2.75) is 46.3 Å². The number of ether oxygens (including phenoxy) is 3. The molecular weight excluding hydrogens is 240 g/mol. The summed E-state index contributed by atoms with van der Waals surface area (Å²) in [5.74, 6) is 0.913. The van der Waals surface area contributed by atoms with Gasteiger partial charge >= 0.3 is 0 Å². The Morgan fingerprint density at radius 3 is 1.84 bits per heavy atom. The second-order valence-electron chi connectivity index (χ2n) is 4.88. The first kappa shape index (κ1) is 16.0. The van der Waals surface area contributed by atoms with Crippen LogP contribution in [0.3, 0.4) is 0 Å². The minimum atomic E-state index is 0.00885. The van der Waals surface area contributed by atoms with Gasteiger partial charge in [-0.3, -0.25) is 0 Å². The molecule has 3 heteroatoms. The van der Waals surface area contributed by atoms with E-state index in [1.807, 2.05) is 13.8 Å². The molecule has 0 amide bonds. The van der Waals surface area contributed by atoms with Gasteiger partial charge in [-0.15, -0.1) is 0 Å². The Hall–Kier alpha value is -1.06. The standard InChI is InChI=1S/C16H26O3/c1-7-8-19-16-14(12(3)17-5)9-11(2)10-15(16)13(4)18-6/h9-10,12-13H,7-8H2,1-6H3. The van der Waals surface area contributed by atoms with Crippen LogP contribution in [0, 0.1) is 6.92 Å². The summed E-state index contributed by atoms with van der Waals surface area (Å²) in [4.78, 5) is 0. The lowest BCUT2D eigenvalue weighted by molar-refractivity contribution is 0.107. The maximum absolute atomic E-state index is 5.96. The first-order valence-corrected chi connectivity index (χ1v) is 6.87. The predicted octanol–water partition coefficient (Wildman–Crippen LogP) is 4.20. The number of benzene rings is 1. The third-order valence-electron chi connectivity index (χ3n) is 3.32. The van der Waals surface area contributed by atoms with Crippen LogP contribution in [0.5, 0.6) is 5.75 Å². The van der Waals surface area contributed by atoms with E-state index in [9.17, 15) is 0 Å². The third-order valence-corrected chi connectivity index (χ3v) is 3.32. The Kier molecular flexibility index (Phi) is 6.32. The first-order valence-electron chi connectivity index (χ1n) is 6.87. The summed E-state index contributed by atoms with van der Waals surface area (Å²) in [5.41, 5.74) is 3.38. The average molecular weight is 266 g/mol. The average Bonchev–Trinajstić information content (AvgIpc) is 2.43. The Labute approximate surface area is 116 Å². The van der Waals surface area contributed by atoms with Crippen LogP contribution in [0.4, 0.5) is 0 Å². The molecule has 0 aliphatic heterocycles. The number of methoxy groups -OCH3 is 2. The quantitative estimate of drug-likeness (QED) is 0.740. The molecule has 19 heavy (non-hydrogen) atoms. The molecule has 3 nitrogen and oxygen atoms in total. The molecule has 0 radical (unpaired) electrons. The van der Waals surface area contributed by atoms with Gasteiger partial charge in [-0.2, -0.15) is 0 Å². The van der Waals surface area contributed by atoms with Crippen LogP contribution in [-0.4, -0.2) is 20.8 Å². The molecule has 0 aliphatic rings. The van der Waals surface area contributed by atoms with E-state index in [-0.39, 0.29) is 12.2 Å². The zero-order valence-corrected chi connectivity index (χ0v) is 12.9. The van der Waals surface area contributed by atoms with Crippen molar-refractivity contribution in [3.8, 4) is 5.75 Å². The highest BCUT2D eigenvalue weighted by Crippen LogP contribution is 2.36. The Balaban J connectivity index is 3.30. The lowest BCUT2D eigenvalue weighted by atomic mass is 9.98. The summed E-state index contributed by atoms with van der Waals surface area (Å²) in [5, 5.41) is 0. The van der Waals surface area contributed by atoms with Gasteiger partial charge in [0.2, 0.25) is 0 Å².